The number of benzene rings is 1. The van der Waals surface area contributed by atoms with Gasteiger partial charge in [-0.3, -0.25) is 19.3 Å². The predicted molar refractivity (Wildman–Crippen MR) is 103 cm³/mol. The van der Waals surface area contributed by atoms with E-state index in [0.717, 1.165) is 12.1 Å². The van der Waals surface area contributed by atoms with Crippen LogP contribution in [0.2, 0.25) is 0 Å². The van der Waals surface area contributed by atoms with Crippen LogP contribution in [-0.4, -0.2) is 67.7 Å². The van der Waals surface area contributed by atoms with Gasteiger partial charge < -0.3 is 24.8 Å². The summed E-state index contributed by atoms with van der Waals surface area (Å²) in [5.74, 6) is -2.70. The minimum Gasteiger partial charge on any atom is -0.489 e. The van der Waals surface area contributed by atoms with Crippen LogP contribution in [0.4, 0.5) is 23.7 Å². The summed E-state index contributed by atoms with van der Waals surface area (Å²) in [6, 6.07) is 1.72. The number of carbonyl (C=O) groups is 4. The first-order valence-electron chi connectivity index (χ1n) is 9.27. The Kier molecular flexibility index (Phi) is 7.67. The maximum atomic E-state index is 13.0. The van der Waals surface area contributed by atoms with Crippen molar-refractivity contribution >= 4 is 29.5 Å². The van der Waals surface area contributed by atoms with Crippen molar-refractivity contribution in [2.45, 2.75) is 25.6 Å². The van der Waals surface area contributed by atoms with Gasteiger partial charge in [0.1, 0.15) is 24.4 Å². The molecule has 13 heteroatoms. The number of nitrogens with zero attached hydrogens (tertiary/aromatic N) is 1. The highest BCUT2D eigenvalue weighted by Crippen LogP contribution is 2.35. The van der Waals surface area contributed by atoms with Crippen molar-refractivity contribution in [2.75, 3.05) is 38.8 Å². The second-order valence-electron chi connectivity index (χ2n) is 7.21. The van der Waals surface area contributed by atoms with Gasteiger partial charge in [0.25, 0.3) is 11.8 Å². The van der Waals surface area contributed by atoms with Crippen LogP contribution in [0.15, 0.2) is 18.2 Å². The molecular formula is C19H22F3N3O7. The van der Waals surface area contributed by atoms with E-state index in [-0.39, 0.29) is 24.7 Å². The molecule has 0 spiro atoms. The van der Waals surface area contributed by atoms with Crippen LogP contribution in [0.5, 0.6) is 5.75 Å². The molecular weight excluding hydrogens is 439 g/mol. The number of hydrogen-bond donors (Lipinski definition) is 2. The zero-order valence-corrected chi connectivity index (χ0v) is 17.5. The van der Waals surface area contributed by atoms with Crippen LogP contribution in [0.25, 0.3) is 0 Å². The molecule has 1 saturated heterocycles. The second-order valence-corrected chi connectivity index (χ2v) is 7.21. The summed E-state index contributed by atoms with van der Waals surface area (Å²) >= 11 is 0. The van der Waals surface area contributed by atoms with Crippen molar-refractivity contribution in [3.8, 4) is 5.75 Å². The number of urea groups is 1. The highest BCUT2D eigenvalue weighted by atomic mass is 19.4. The molecule has 1 heterocycles. The average Bonchev–Trinajstić information content (AvgIpc) is 2.88. The summed E-state index contributed by atoms with van der Waals surface area (Å²) < 4.78 is 53.8. The summed E-state index contributed by atoms with van der Waals surface area (Å²) in [5.41, 5.74) is -2.49. The highest BCUT2D eigenvalue weighted by molar-refractivity contribution is 6.08. The lowest BCUT2D eigenvalue weighted by molar-refractivity contribution is -0.150. The average molecular weight is 461 g/mol. The molecule has 0 saturated carbocycles. The molecule has 2 rings (SSSR count). The smallest absolute Gasteiger partial charge is 0.416 e. The molecule has 0 unspecified atom stereocenters. The molecule has 1 aromatic rings. The molecule has 10 nitrogen and oxygen atoms in total. The van der Waals surface area contributed by atoms with Crippen LogP contribution >= 0.6 is 0 Å². The minimum absolute atomic E-state index is 0.0159. The van der Waals surface area contributed by atoms with E-state index in [1.165, 1.54) is 21.0 Å². The molecule has 0 atom stereocenters. The zero-order chi connectivity index (χ0) is 24.1. The molecule has 1 aliphatic rings. The van der Waals surface area contributed by atoms with E-state index in [1.807, 2.05) is 0 Å². The number of methoxy groups -OCH3 is 1. The Hall–Kier alpha value is -3.35. The molecule has 176 valence electrons. The number of esters is 1. The number of amides is 4. The SMILES string of the molecule is COCCOc1ccc(C(F)(F)F)cc1NC(=O)COC(=O)CN1C(=O)NC(C)(C)C1=O. The Morgan fingerprint density at radius 3 is 2.44 bits per heavy atom. The third-order valence-electron chi connectivity index (χ3n) is 4.22. The highest BCUT2D eigenvalue weighted by Gasteiger charge is 2.45. The molecule has 32 heavy (non-hydrogen) atoms. The lowest BCUT2D eigenvalue weighted by atomic mass is 10.1. The van der Waals surface area contributed by atoms with Gasteiger partial charge in [-0.15, -0.1) is 0 Å². The van der Waals surface area contributed by atoms with Gasteiger partial charge in [0.2, 0.25) is 0 Å². The number of alkyl halides is 3. The fraction of sp³-hybridized carbons (Fsp3) is 0.474. The topological polar surface area (TPSA) is 123 Å². The van der Waals surface area contributed by atoms with E-state index in [4.69, 9.17) is 14.2 Å². The zero-order valence-electron chi connectivity index (χ0n) is 17.5. The van der Waals surface area contributed by atoms with E-state index in [0.29, 0.717) is 11.0 Å². The van der Waals surface area contributed by atoms with Gasteiger partial charge in [-0.05, 0) is 32.0 Å². The fourth-order valence-corrected chi connectivity index (χ4v) is 2.63. The quantitative estimate of drug-likeness (QED) is 0.325. The molecule has 0 aliphatic carbocycles. The number of halogens is 3. The fourth-order valence-electron chi connectivity index (χ4n) is 2.63. The van der Waals surface area contributed by atoms with Crippen LogP contribution in [0.1, 0.15) is 19.4 Å². The summed E-state index contributed by atoms with van der Waals surface area (Å²) in [4.78, 5) is 48.5. The van der Waals surface area contributed by atoms with Gasteiger partial charge in [-0.25, -0.2) is 4.79 Å². The van der Waals surface area contributed by atoms with Gasteiger partial charge in [0, 0.05) is 7.11 Å². The molecule has 1 fully saturated rings. The molecule has 0 radical (unpaired) electrons. The monoisotopic (exact) mass is 461 g/mol. The van der Waals surface area contributed by atoms with Gasteiger partial charge in [0.05, 0.1) is 17.9 Å². The lowest BCUT2D eigenvalue weighted by Gasteiger charge is -2.16. The van der Waals surface area contributed by atoms with Crippen LogP contribution in [0.3, 0.4) is 0 Å². The standard InChI is InChI=1S/C19H22F3N3O7/c1-18(2)16(28)25(17(29)24-18)9-15(27)32-10-14(26)23-12-8-11(19(20,21)22)4-5-13(12)31-7-6-30-3/h4-5,8H,6-7,9-10H2,1-3H3,(H,23,26)(H,24,29). The van der Waals surface area contributed by atoms with E-state index < -0.39 is 54.2 Å². The van der Waals surface area contributed by atoms with Crippen molar-refractivity contribution < 1.29 is 46.6 Å². The Bertz CT molecular complexity index is 903. The van der Waals surface area contributed by atoms with Gasteiger partial charge in [0.15, 0.2) is 6.61 Å². The number of imide groups is 1. The van der Waals surface area contributed by atoms with Crippen molar-refractivity contribution in [3.63, 3.8) is 0 Å². The summed E-state index contributed by atoms with van der Waals surface area (Å²) in [6.07, 6.45) is -4.66. The molecule has 4 amide bonds. The number of hydrogen-bond acceptors (Lipinski definition) is 7. The number of nitrogens with one attached hydrogen (secondary N) is 2. The first-order chi connectivity index (χ1) is 14.8. The maximum absolute atomic E-state index is 13.0. The van der Waals surface area contributed by atoms with E-state index in [2.05, 4.69) is 10.6 Å². The van der Waals surface area contributed by atoms with Gasteiger partial charge in [-0.1, -0.05) is 0 Å². The van der Waals surface area contributed by atoms with Crippen molar-refractivity contribution in [2.24, 2.45) is 0 Å². The van der Waals surface area contributed by atoms with Crippen molar-refractivity contribution in [1.82, 2.24) is 10.2 Å². The Labute approximate surface area is 181 Å². The van der Waals surface area contributed by atoms with Crippen LogP contribution in [-0.2, 0) is 30.0 Å². The van der Waals surface area contributed by atoms with Crippen LogP contribution < -0.4 is 15.4 Å². The molecule has 1 aliphatic heterocycles. The molecule has 1 aromatic carbocycles. The summed E-state index contributed by atoms with van der Waals surface area (Å²) in [6.45, 7) is 1.49. The first kappa shape index (κ1) is 24.9. The second kappa shape index (κ2) is 9.85. The Morgan fingerprint density at radius 2 is 1.88 bits per heavy atom. The maximum Gasteiger partial charge on any atom is 0.416 e. The summed E-state index contributed by atoms with van der Waals surface area (Å²) in [7, 11) is 1.41. The first-order valence-corrected chi connectivity index (χ1v) is 9.27. The molecule has 2 N–H and O–H groups in total. The van der Waals surface area contributed by atoms with E-state index in [9.17, 15) is 32.3 Å². The van der Waals surface area contributed by atoms with Crippen molar-refractivity contribution in [3.05, 3.63) is 23.8 Å². The number of anilines is 1. The number of carbonyl (C=O) groups excluding carboxylic acids is 4. The normalized spacial score (nSPS) is 15.4. The third-order valence-corrected chi connectivity index (χ3v) is 4.22. The number of ether oxygens (including phenoxy) is 3. The molecule has 0 bridgehead atoms. The van der Waals surface area contributed by atoms with E-state index in [1.54, 1.807) is 0 Å². The minimum atomic E-state index is -4.66. The van der Waals surface area contributed by atoms with Gasteiger partial charge >= 0.3 is 18.2 Å². The van der Waals surface area contributed by atoms with Crippen molar-refractivity contribution in [1.29, 1.82) is 0 Å². The van der Waals surface area contributed by atoms with Gasteiger partial charge in [-0.2, -0.15) is 13.2 Å². The largest absolute Gasteiger partial charge is 0.489 e. The molecule has 0 aromatic heterocycles. The number of rotatable bonds is 9. The lowest BCUT2D eigenvalue weighted by Crippen LogP contribution is -2.41. The predicted octanol–water partition coefficient (Wildman–Crippen LogP) is 1.54. The summed E-state index contributed by atoms with van der Waals surface area (Å²) in [5, 5.41) is 4.56. The Balaban J connectivity index is 1.99. The Morgan fingerprint density at radius 1 is 1.19 bits per heavy atom. The van der Waals surface area contributed by atoms with Crippen LogP contribution in [0, 0.1) is 0 Å². The van der Waals surface area contributed by atoms with E-state index >= 15 is 0 Å². The third kappa shape index (κ3) is 6.33.